The van der Waals surface area contributed by atoms with Gasteiger partial charge >= 0.3 is 0 Å². The van der Waals surface area contributed by atoms with E-state index in [1.165, 1.54) is 0 Å². The molecule has 0 radical (unpaired) electrons. The zero-order valence-electron chi connectivity index (χ0n) is 6.18. The first-order valence-electron chi connectivity index (χ1n) is 3.11. The van der Waals surface area contributed by atoms with E-state index in [0.717, 1.165) is 12.8 Å². The summed E-state index contributed by atoms with van der Waals surface area (Å²) in [5, 5.41) is 0. The Morgan fingerprint density at radius 1 is 1.44 bits per heavy atom. The van der Waals surface area contributed by atoms with Crippen molar-refractivity contribution in [2.45, 2.75) is 32.2 Å². The Kier molecular flexibility index (Phi) is 6.30. The van der Waals surface area contributed by atoms with Crippen molar-refractivity contribution in [3.8, 4) is 0 Å². The van der Waals surface area contributed by atoms with Gasteiger partial charge in [-0.15, -0.1) is 19.0 Å². The molecule has 9 heavy (non-hydrogen) atoms. The van der Waals surface area contributed by atoms with Crippen molar-refractivity contribution in [2.24, 2.45) is 5.73 Å². The second-order valence-electron chi connectivity index (χ2n) is 2.14. The van der Waals surface area contributed by atoms with Crippen molar-refractivity contribution < 1.29 is 0 Å². The van der Waals surface area contributed by atoms with Crippen LogP contribution in [0.15, 0.2) is 12.7 Å². The van der Waals surface area contributed by atoms with Gasteiger partial charge in [0.2, 0.25) is 0 Å². The van der Waals surface area contributed by atoms with Gasteiger partial charge in [-0.2, -0.15) is 0 Å². The number of nitrogens with two attached hydrogens (primary N) is 1. The lowest BCUT2D eigenvalue weighted by Gasteiger charge is -2.20. The molecule has 0 amide bonds. The van der Waals surface area contributed by atoms with Crippen molar-refractivity contribution in [2.75, 3.05) is 0 Å². The van der Waals surface area contributed by atoms with E-state index in [2.05, 4.69) is 20.4 Å². The maximum absolute atomic E-state index is 5.78. The van der Waals surface area contributed by atoms with E-state index >= 15 is 0 Å². The standard InChI is InChI=1S/C7H15N.ClH/c1-4-7(8,5-2)6-3;/h4H,1,5-6,8H2,2-3H3;1H. The predicted molar refractivity (Wildman–Crippen MR) is 44.9 cm³/mol. The van der Waals surface area contributed by atoms with Crippen LogP contribution in [0.1, 0.15) is 26.7 Å². The molecule has 2 heteroatoms. The monoisotopic (exact) mass is 149 g/mol. The minimum Gasteiger partial charge on any atom is -0.322 e. The maximum atomic E-state index is 5.78. The molecular weight excluding hydrogens is 134 g/mol. The number of hydrogen-bond donors (Lipinski definition) is 1. The van der Waals surface area contributed by atoms with Gasteiger partial charge in [0.25, 0.3) is 0 Å². The molecule has 0 unspecified atom stereocenters. The van der Waals surface area contributed by atoms with E-state index in [1.807, 2.05) is 6.08 Å². The molecule has 0 saturated carbocycles. The Balaban J connectivity index is 0. The quantitative estimate of drug-likeness (QED) is 0.612. The molecule has 56 valence electrons. The largest absolute Gasteiger partial charge is 0.322 e. The van der Waals surface area contributed by atoms with Gasteiger partial charge in [0, 0.05) is 5.54 Å². The third-order valence-electron chi connectivity index (χ3n) is 1.72. The summed E-state index contributed by atoms with van der Waals surface area (Å²) >= 11 is 0. The lowest BCUT2D eigenvalue weighted by molar-refractivity contribution is 0.494. The van der Waals surface area contributed by atoms with Crippen LogP contribution in [0.25, 0.3) is 0 Å². The van der Waals surface area contributed by atoms with Crippen molar-refractivity contribution in [1.82, 2.24) is 0 Å². The van der Waals surface area contributed by atoms with E-state index in [9.17, 15) is 0 Å². The number of halogens is 1. The van der Waals surface area contributed by atoms with E-state index < -0.39 is 0 Å². The molecule has 0 spiro atoms. The normalized spacial score (nSPS) is 10.1. The van der Waals surface area contributed by atoms with Crippen LogP contribution >= 0.6 is 12.4 Å². The first-order valence-corrected chi connectivity index (χ1v) is 3.11. The van der Waals surface area contributed by atoms with Crippen molar-refractivity contribution in [1.29, 1.82) is 0 Å². The van der Waals surface area contributed by atoms with E-state index in [-0.39, 0.29) is 17.9 Å². The molecule has 0 bridgehead atoms. The van der Waals surface area contributed by atoms with Gasteiger partial charge in [0.15, 0.2) is 0 Å². The van der Waals surface area contributed by atoms with Gasteiger partial charge in [-0.25, -0.2) is 0 Å². The molecule has 0 aliphatic carbocycles. The molecule has 0 saturated heterocycles. The third-order valence-corrected chi connectivity index (χ3v) is 1.72. The molecule has 1 nitrogen and oxygen atoms in total. The van der Waals surface area contributed by atoms with Crippen molar-refractivity contribution in [3.05, 3.63) is 12.7 Å². The van der Waals surface area contributed by atoms with Gasteiger partial charge in [-0.05, 0) is 12.8 Å². The Bertz CT molecular complexity index is 77.0. The molecule has 0 atom stereocenters. The van der Waals surface area contributed by atoms with Gasteiger partial charge in [-0.3, -0.25) is 0 Å². The highest BCUT2D eigenvalue weighted by Gasteiger charge is 2.13. The summed E-state index contributed by atoms with van der Waals surface area (Å²) < 4.78 is 0. The van der Waals surface area contributed by atoms with Crippen LogP contribution < -0.4 is 5.73 Å². The van der Waals surface area contributed by atoms with Crippen LogP contribution in [0, 0.1) is 0 Å². The fourth-order valence-corrected chi connectivity index (χ4v) is 0.539. The highest BCUT2D eigenvalue weighted by molar-refractivity contribution is 5.85. The summed E-state index contributed by atoms with van der Waals surface area (Å²) in [5.74, 6) is 0. The van der Waals surface area contributed by atoms with E-state index in [4.69, 9.17) is 5.73 Å². The second-order valence-corrected chi connectivity index (χ2v) is 2.14. The number of rotatable bonds is 3. The van der Waals surface area contributed by atoms with E-state index in [1.54, 1.807) is 0 Å². The molecule has 0 fully saturated rings. The minimum absolute atomic E-state index is 0. The van der Waals surface area contributed by atoms with Crippen LogP contribution in [-0.2, 0) is 0 Å². The summed E-state index contributed by atoms with van der Waals surface area (Å²) in [4.78, 5) is 0. The topological polar surface area (TPSA) is 26.0 Å². The van der Waals surface area contributed by atoms with Crippen LogP contribution in [0.4, 0.5) is 0 Å². The molecule has 2 N–H and O–H groups in total. The summed E-state index contributed by atoms with van der Waals surface area (Å²) in [5.41, 5.74) is 5.67. The minimum atomic E-state index is -0.111. The molecule has 0 heterocycles. The number of hydrogen-bond acceptors (Lipinski definition) is 1. The Hall–Kier alpha value is -0.0100. The maximum Gasteiger partial charge on any atom is 0.0331 e. The first kappa shape index (κ1) is 11.7. The summed E-state index contributed by atoms with van der Waals surface area (Å²) in [7, 11) is 0. The van der Waals surface area contributed by atoms with Gasteiger partial charge in [0.05, 0.1) is 0 Å². The molecule has 0 aliphatic heterocycles. The van der Waals surface area contributed by atoms with Crippen LogP contribution in [0.3, 0.4) is 0 Å². The zero-order chi connectivity index (χ0) is 6.62. The third kappa shape index (κ3) is 3.55. The van der Waals surface area contributed by atoms with Crippen LogP contribution in [0.5, 0.6) is 0 Å². The summed E-state index contributed by atoms with van der Waals surface area (Å²) in [6.45, 7) is 7.80. The SMILES string of the molecule is C=CC(N)(CC)CC.Cl. The average molecular weight is 150 g/mol. The lowest BCUT2D eigenvalue weighted by atomic mass is 9.95. The van der Waals surface area contributed by atoms with Crippen LogP contribution in [0.2, 0.25) is 0 Å². The molecule has 0 aliphatic rings. The molecule has 0 aromatic rings. The second kappa shape index (κ2) is 4.83. The van der Waals surface area contributed by atoms with Gasteiger partial charge in [-0.1, -0.05) is 19.9 Å². The smallest absolute Gasteiger partial charge is 0.0331 e. The average Bonchev–Trinajstić information content (AvgIpc) is 1.87. The lowest BCUT2D eigenvalue weighted by Crippen LogP contribution is -2.35. The molecule has 0 rings (SSSR count). The fourth-order valence-electron chi connectivity index (χ4n) is 0.539. The molecule has 0 aromatic carbocycles. The molecular formula is C7H16ClN. The molecule has 0 aromatic heterocycles. The summed E-state index contributed by atoms with van der Waals surface area (Å²) in [6.07, 6.45) is 3.78. The zero-order valence-corrected chi connectivity index (χ0v) is 7.00. The van der Waals surface area contributed by atoms with Crippen LogP contribution in [-0.4, -0.2) is 5.54 Å². The van der Waals surface area contributed by atoms with Crippen molar-refractivity contribution in [3.63, 3.8) is 0 Å². The highest BCUT2D eigenvalue weighted by Crippen LogP contribution is 2.10. The van der Waals surface area contributed by atoms with E-state index in [0.29, 0.717) is 0 Å². The summed E-state index contributed by atoms with van der Waals surface area (Å²) in [6, 6.07) is 0. The Labute approximate surface area is 63.7 Å². The van der Waals surface area contributed by atoms with Gasteiger partial charge < -0.3 is 5.73 Å². The Morgan fingerprint density at radius 2 is 1.78 bits per heavy atom. The van der Waals surface area contributed by atoms with Gasteiger partial charge in [0.1, 0.15) is 0 Å². The van der Waals surface area contributed by atoms with Crippen molar-refractivity contribution >= 4 is 12.4 Å². The predicted octanol–water partition coefficient (Wildman–Crippen LogP) is 2.11. The Morgan fingerprint density at radius 3 is 1.78 bits per heavy atom. The first-order chi connectivity index (χ1) is 3.68. The highest BCUT2D eigenvalue weighted by atomic mass is 35.5. The fraction of sp³-hybridized carbons (Fsp3) is 0.714.